The third kappa shape index (κ3) is 7.90. The fraction of sp³-hybridized carbons (Fsp3) is 0.364. The van der Waals surface area contributed by atoms with Crippen LogP contribution in [-0.4, -0.2) is 80.3 Å². The number of aliphatic hydroxyl groups excluding tert-OH is 1. The number of nitrogens with zero attached hydrogens (tertiary/aromatic N) is 2. The Balaban J connectivity index is 1.67. The predicted molar refractivity (Wildman–Crippen MR) is 173 cm³/mol. The summed E-state index contributed by atoms with van der Waals surface area (Å²) >= 11 is 0. The molecule has 246 valence electrons. The lowest BCUT2D eigenvalue weighted by molar-refractivity contribution is -0.132. The monoisotopic (exact) mass is 653 g/mol. The Morgan fingerprint density at radius 3 is 2.11 bits per heavy atom. The van der Waals surface area contributed by atoms with Gasteiger partial charge in [-0.15, -0.1) is 0 Å². The number of aliphatic hydroxyl groups is 1. The number of nitrogens with one attached hydrogen (secondary N) is 3. The topological polar surface area (TPSA) is 148 Å². The van der Waals surface area contributed by atoms with Crippen molar-refractivity contribution in [1.29, 1.82) is 0 Å². The molecule has 2 unspecified atom stereocenters. The third-order valence-electron chi connectivity index (χ3n) is 8.33. The molecule has 0 bridgehead atoms. The Hall–Kier alpha value is -4.33. The van der Waals surface area contributed by atoms with Gasteiger partial charge in [-0.25, -0.2) is 12.8 Å². The second-order valence-electron chi connectivity index (χ2n) is 12.1. The average molecular weight is 654 g/mol. The van der Waals surface area contributed by atoms with E-state index in [0.717, 1.165) is 16.1 Å². The summed E-state index contributed by atoms with van der Waals surface area (Å²) in [6.45, 7) is 5.31. The van der Waals surface area contributed by atoms with Gasteiger partial charge in [0.1, 0.15) is 11.9 Å². The number of carbonyl (C=O) groups is 3. The highest BCUT2D eigenvalue weighted by Gasteiger charge is 2.47. The molecule has 1 saturated heterocycles. The van der Waals surface area contributed by atoms with Gasteiger partial charge in [0.15, 0.2) is 0 Å². The van der Waals surface area contributed by atoms with Gasteiger partial charge in [-0.3, -0.25) is 24.0 Å². The number of sulfonamides is 1. The zero-order chi connectivity index (χ0) is 34.0. The van der Waals surface area contributed by atoms with Crippen LogP contribution in [0.2, 0.25) is 0 Å². The van der Waals surface area contributed by atoms with Crippen molar-refractivity contribution in [2.24, 2.45) is 0 Å². The van der Waals surface area contributed by atoms with Crippen molar-refractivity contribution < 1.29 is 32.3 Å². The molecule has 0 radical (unpaired) electrons. The van der Waals surface area contributed by atoms with E-state index in [1.807, 2.05) is 30.3 Å². The van der Waals surface area contributed by atoms with E-state index in [9.17, 15) is 32.3 Å². The first-order valence-corrected chi connectivity index (χ1v) is 16.6. The highest BCUT2D eigenvalue weighted by molar-refractivity contribution is 7.92. The van der Waals surface area contributed by atoms with Gasteiger partial charge in [0.05, 0.1) is 35.8 Å². The lowest BCUT2D eigenvalue weighted by Gasteiger charge is -2.29. The minimum absolute atomic E-state index is 0.00304. The van der Waals surface area contributed by atoms with Crippen LogP contribution in [0.15, 0.2) is 72.8 Å². The van der Waals surface area contributed by atoms with Gasteiger partial charge < -0.3 is 20.6 Å². The Morgan fingerprint density at radius 2 is 1.59 bits per heavy atom. The Labute approximate surface area is 268 Å². The van der Waals surface area contributed by atoms with Gasteiger partial charge in [0.2, 0.25) is 15.9 Å². The van der Waals surface area contributed by atoms with Crippen molar-refractivity contribution in [3.63, 3.8) is 0 Å². The number of hydrogen-bond acceptors (Lipinski definition) is 7. The predicted octanol–water partition coefficient (Wildman–Crippen LogP) is 2.58. The molecule has 4 N–H and O–H groups in total. The normalized spacial score (nSPS) is 18.0. The first-order valence-electron chi connectivity index (χ1n) is 14.7. The van der Waals surface area contributed by atoms with E-state index < -0.39 is 57.5 Å². The largest absolute Gasteiger partial charge is 0.389 e. The Morgan fingerprint density at radius 1 is 1.02 bits per heavy atom. The number of likely N-dealkylation sites (N-methyl/N-ethyl adjacent to an activating group) is 1. The molecule has 3 aromatic rings. The highest BCUT2D eigenvalue weighted by atomic mass is 32.2. The number of rotatable bonds is 11. The smallest absolute Gasteiger partial charge is 0.251 e. The maximum Gasteiger partial charge on any atom is 0.251 e. The molecular formula is C33H40FN5O6S. The second-order valence-corrected chi connectivity index (χ2v) is 14.1. The number of anilines is 1. The molecule has 1 fully saturated rings. The van der Waals surface area contributed by atoms with Crippen molar-refractivity contribution in [3.8, 4) is 0 Å². The minimum atomic E-state index is -3.78. The van der Waals surface area contributed by atoms with Crippen LogP contribution in [0.3, 0.4) is 0 Å². The molecule has 0 aliphatic carbocycles. The maximum absolute atomic E-state index is 13.8. The molecule has 3 amide bonds. The number of benzene rings is 3. The van der Waals surface area contributed by atoms with E-state index in [1.54, 1.807) is 27.8 Å². The summed E-state index contributed by atoms with van der Waals surface area (Å²) in [4.78, 5) is 41.8. The quantitative estimate of drug-likeness (QED) is 0.249. The van der Waals surface area contributed by atoms with Crippen LogP contribution in [0.4, 0.5) is 10.1 Å². The molecule has 1 heterocycles. The summed E-state index contributed by atoms with van der Waals surface area (Å²) in [5.41, 5.74) is 0.723. The van der Waals surface area contributed by atoms with Crippen molar-refractivity contribution in [3.05, 3.63) is 101 Å². The van der Waals surface area contributed by atoms with Crippen molar-refractivity contribution in [2.45, 2.75) is 57.1 Å². The van der Waals surface area contributed by atoms with Gasteiger partial charge >= 0.3 is 0 Å². The summed E-state index contributed by atoms with van der Waals surface area (Å²) in [5, 5.41) is 20.3. The summed E-state index contributed by atoms with van der Waals surface area (Å²) in [5.74, 6) is -2.05. The number of halogens is 1. The fourth-order valence-corrected chi connectivity index (χ4v) is 5.71. The molecule has 11 nitrogen and oxygen atoms in total. The number of amides is 3. The summed E-state index contributed by atoms with van der Waals surface area (Å²) in [6, 6.07) is 16.3. The zero-order valence-corrected chi connectivity index (χ0v) is 27.4. The molecule has 1 aliphatic rings. The first-order chi connectivity index (χ1) is 21.5. The summed E-state index contributed by atoms with van der Waals surface area (Å²) in [6.07, 6.45) is -0.177. The fourth-order valence-electron chi connectivity index (χ4n) is 5.23. The molecule has 13 heteroatoms. The SMILES string of the molecule is C[C@@H](NC(=O)c1cc(C(=O)N[C@@H](Cc2ccccc2)C(O)C2NC(C)(C)N(C)C2=O)cc(N(C)S(C)(=O)=O)c1)c1ccc(F)cc1. The number of hydrogen-bond donors (Lipinski definition) is 4. The lowest BCUT2D eigenvalue weighted by atomic mass is 9.95. The molecule has 0 saturated carbocycles. The average Bonchev–Trinajstić information content (AvgIpc) is 3.22. The molecule has 4 rings (SSSR count). The Kier molecular flexibility index (Phi) is 10.2. The van der Waals surface area contributed by atoms with E-state index in [0.29, 0.717) is 5.56 Å². The van der Waals surface area contributed by atoms with Crippen molar-refractivity contribution in [1.82, 2.24) is 20.9 Å². The van der Waals surface area contributed by atoms with E-state index >= 15 is 0 Å². The van der Waals surface area contributed by atoms with Crippen molar-refractivity contribution in [2.75, 3.05) is 24.7 Å². The van der Waals surface area contributed by atoms with Crippen LogP contribution < -0.4 is 20.3 Å². The van der Waals surface area contributed by atoms with Crippen LogP contribution in [0.1, 0.15) is 58.7 Å². The van der Waals surface area contributed by atoms with E-state index in [-0.39, 0.29) is 29.1 Å². The standard InChI is InChI=1S/C33H40FN5O6S/c1-20(22-12-14-25(34)15-13-22)35-30(41)23-17-24(19-26(18-23)39(5)46(6,44)45)31(42)36-27(16-21-10-8-7-9-11-21)29(40)28-32(43)38(4)33(2,3)37-28/h7-15,17-20,27-29,37,40H,16H2,1-6H3,(H,35,41)(H,36,42)/t20-,27+,28?,29?/m1/s1. The van der Waals surface area contributed by atoms with Crippen LogP contribution >= 0.6 is 0 Å². The van der Waals surface area contributed by atoms with Crippen LogP contribution in [0, 0.1) is 5.82 Å². The molecule has 3 aromatic carbocycles. The first kappa shape index (κ1) is 34.5. The Bertz CT molecular complexity index is 1700. The molecule has 0 spiro atoms. The van der Waals surface area contributed by atoms with Crippen LogP contribution in [-0.2, 0) is 21.2 Å². The molecule has 0 aromatic heterocycles. The van der Waals surface area contributed by atoms with Gasteiger partial charge in [-0.05, 0) is 68.7 Å². The van der Waals surface area contributed by atoms with Gasteiger partial charge in [0, 0.05) is 25.2 Å². The lowest BCUT2D eigenvalue weighted by Crippen LogP contribution is -2.55. The van der Waals surface area contributed by atoms with Crippen molar-refractivity contribution >= 4 is 33.4 Å². The minimum Gasteiger partial charge on any atom is -0.389 e. The third-order valence-corrected chi connectivity index (χ3v) is 9.54. The van der Waals surface area contributed by atoms with E-state index in [1.165, 1.54) is 54.4 Å². The highest BCUT2D eigenvalue weighted by Crippen LogP contribution is 2.25. The number of carbonyl (C=O) groups excluding carboxylic acids is 3. The summed E-state index contributed by atoms with van der Waals surface area (Å²) in [7, 11) is -0.854. The zero-order valence-electron chi connectivity index (χ0n) is 26.6. The van der Waals surface area contributed by atoms with E-state index in [4.69, 9.17) is 0 Å². The summed E-state index contributed by atoms with van der Waals surface area (Å²) < 4.78 is 39.2. The molecule has 4 atom stereocenters. The van der Waals surface area contributed by atoms with Gasteiger partial charge in [0.25, 0.3) is 11.8 Å². The van der Waals surface area contributed by atoms with Gasteiger partial charge in [-0.1, -0.05) is 42.5 Å². The van der Waals surface area contributed by atoms with Gasteiger partial charge in [-0.2, -0.15) is 0 Å². The van der Waals surface area contributed by atoms with E-state index in [2.05, 4.69) is 16.0 Å². The maximum atomic E-state index is 13.8. The van der Waals surface area contributed by atoms with Crippen LogP contribution in [0.5, 0.6) is 0 Å². The molecule has 1 aliphatic heterocycles. The van der Waals surface area contributed by atoms with Crippen LogP contribution in [0.25, 0.3) is 0 Å². The molecule has 46 heavy (non-hydrogen) atoms. The second kappa shape index (κ2) is 13.6. The molecular weight excluding hydrogens is 613 g/mol.